The van der Waals surface area contributed by atoms with E-state index in [-0.39, 0.29) is 24.8 Å². The van der Waals surface area contributed by atoms with E-state index >= 15 is 0 Å². The number of benzene rings is 2. The highest BCUT2D eigenvalue weighted by Crippen LogP contribution is 2.23. The molecule has 0 spiro atoms. The van der Waals surface area contributed by atoms with Gasteiger partial charge in [-0.25, -0.2) is 0 Å². The number of thioether (sulfide) groups is 1. The van der Waals surface area contributed by atoms with Gasteiger partial charge in [0, 0.05) is 47.3 Å². The van der Waals surface area contributed by atoms with Crippen LogP contribution in [0.15, 0.2) is 78.0 Å². The molecule has 2 amide bonds. The van der Waals surface area contributed by atoms with Gasteiger partial charge < -0.3 is 10.6 Å². The maximum Gasteiger partial charge on any atom is 0.251 e. The highest BCUT2D eigenvalue weighted by Gasteiger charge is 2.07. The van der Waals surface area contributed by atoms with Crippen molar-refractivity contribution in [2.75, 3.05) is 11.9 Å². The summed E-state index contributed by atoms with van der Waals surface area (Å²) in [6.45, 7) is 2.23. The van der Waals surface area contributed by atoms with Crippen molar-refractivity contribution in [3.05, 3.63) is 89.7 Å². The molecule has 148 valence electrons. The highest BCUT2D eigenvalue weighted by atomic mass is 32.2. The molecule has 29 heavy (non-hydrogen) atoms. The second-order valence-corrected chi connectivity index (χ2v) is 7.65. The summed E-state index contributed by atoms with van der Waals surface area (Å²) in [7, 11) is 0. The predicted octanol–water partition coefficient (Wildman–Crippen LogP) is 4.44. The van der Waals surface area contributed by atoms with E-state index in [1.165, 1.54) is 5.56 Å². The van der Waals surface area contributed by atoms with Crippen molar-refractivity contribution in [1.29, 1.82) is 0 Å². The Morgan fingerprint density at radius 1 is 1.03 bits per heavy atom. The number of carbonyl (C=O) groups excluding carboxylic acids is 2. The van der Waals surface area contributed by atoms with E-state index in [1.54, 1.807) is 24.0 Å². The fourth-order valence-electron chi connectivity index (χ4n) is 2.69. The van der Waals surface area contributed by atoms with Gasteiger partial charge in [0.25, 0.3) is 5.91 Å². The van der Waals surface area contributed by atoms with Gasteiger partial charge in [-0.1, -0.05) is 23.8 Å². The van der Waals surface area contributed by atoms with E-state index in [9.17, 15) is 9.59 Å². The van der Waals surface area contributed by atoms with Gasteiger partial charge in [-0.3, -0.25) is 14.6 Å². The van der Waals surface area contributed by atoms with Crippen LogP contribution in [-0.4, -0.2) is 23.3 Å². The fourth-order valence-corrected chi connectivity index (χ4v) is 3.52. The van der Waals surface area contributed by atoms with Crippen LogP contribution in [-0.2, 0) is 10.5 Å². The van der Waals surface area contributed by atoms with Crippen molar-refractivity contribution in [3.63, 3.8) is 0 Å². The molecular formula is C23H23N3O2S. The molecule has 0 saturated carbocycles. The molecule has 3 rings (SSSR count). The van der Waals surface area contributed by atoms with Crippen LogP contribution in [0, 0.1) is 6.92 Å². The lowest BCUT2D eigenvalue weighted by atomic mass is 10.1. The molecule has 0 bridgehead atoms. The topological polar surface area (TPSA) is 71.1 Å². The molecular weight excluding hydrogens is 382 g/mol. The standard InChI is InChI=1S/C23H23N3O2S/c1-17-4-2-6-19(14-17)23(28)25-13-11-22(27)26-20-7-9-21(10-8-20)29-16-18-5-3-12-24-15-18/h2-10,12,14-15H,11,13,16H2,1H3,(H,25,28)(H,26,27). The quantitative estimate of drug-likeness (QED) is 0.544. The summed E-state index contributed by atoms with van der Waals surface area (Å²) in [4.78, 5) is 29.4. The number of pyridine rings is 1. The lowest BCUT2D eigenvalue weighted by molar-refractivity contribution is -0.116. The maximum atomic E-state index is 12.1. The van der Waals surface area contributed by atoms with Crippen LogP contribution in [0.1, 0.15) is 27.9 Å². The number of nitrogens with zero attached hydrogens (tertiary/aromatic N) is 1. The van der Waals surface area contributed by atoms with Crippen LogP contribution in [0.2, 0.25) is 0 Å². The third-order valence-corrected chi connectivity index (χ3v) is 5.27. The number of amides is 2. The number of aryl methyl sites for hydroxylation is 1. The molecule has 0 aliphatic carbocycles. The van der Waals surface area contributed by atoms with E-state index in [1.807, 2.05) is 67.7 Å². The number of carbonyl (C=O) groups is 2. The first-order valence-corrected chi connectivity index (χ1v) is 10.4. The van der Waals surface area contributed by atoms with E-state index in [0.717, 1.165) is 21.9 Å². The predicted molar refractivity (Wildman–Crippen MR) is 117 cm³/mol. The number of aromatic nitrogens is 1. The van der Waals surface area contributed by atoms with Crippen LogP contribution in [0.5, 0.6) is 0 Å². The smallest absolute Gasteiger partial charge is 0.251 e. The Morgan fingerprint density at radius 3 is 2.59 bits per heavy atom. The van der Waals surface area contributed by atoms with Gasteiger partial charge in [-0.2, -0.15) is 0 Å². The van der Waals surface area contributed by atoms with Crippen molar-refractivity contribution in [3.8, 4) is 0 Å². The minimum Gasteiger partial charge on any atom is -0.352 e. The Hall–Kier alpha value is -3.12. The summed E-state index contributed by atoms with van der Waals surface area (Å²) < 4.78 is 0. The monoisotopic (exact) mass is 405 g/mol. The van der Waals surface area contributed by atoms with E-state index in [2.05, 4.69) is 15.6 Å². The van der Waals surface area contributed by atoms with E-state index in [0.29, 0.717) is 5.56 Å². The second-order valence-electron chi connectivity index (χ2n) is 6.60. The average Bonchev–Trinajstić information content (AvgIpc) is 2.74. The molecule has 0 radical (unpaired) electrons. The molecule has 0 saturated heterocycles. The van der Waals surface area contributed by atoms with Crippen LogP contribution < -0.4 is 10.6 Å². The Morgan fingerprint density at radius 2 is 1.86 bits per heavy atom. The third kappa shape index (κ3) is 6.76. The molecule has 2 aromatic carbocycles. The molecule has 3 aromatic rings. The normalized spacial score (nSPS) is 10.4. The Balaban J connectivity index is 1.40. The van der Waals surface area contributed by atoms with Crippen molar-refractivity contribution in [1.82, 2.24) is 10.3 Å². The van der Waals surface area contributed by atoms with Gasteiger partial charge in [0.2, 0.25) is 5.91 Å². The van der Waals surface area contributed by atoms with Gasteiger partial charge in [-0.05, 0) is 55.0 Å². The summed E-state index contributed by atoms with van der Waals surface area (Å²) in [5, 5.41) is 5.63. The fraction of sp³-hybridized carbons (Fsp3) is 0.174. The molecule has 0 unspecified atom stereocenters. The molecule has 0 atom stereocenters. The van der Waals surface area contributed by atoms with Crippen molar-refractivity contribution >= 4 is 29.3 Å². The number of hydrogen-bond acceptors (Lipinski definition) is 4. The van der Waals surface area contributed by atoms with Gasteiger partial charge in [0.05, 0.1) is 0 Å². The SMILES string of the molecule is Cc1cccc(C(=O)NCCC(=O)Nc2ccc(SCc3cccnc3)cc2)c1. The minimum absolute atomic E-state index is 0.134. The van der Waals surface area contributed by atoms with Crippen molar-refractivity contribution < 1.29 is 9.59 Å². The first-order chi connectivity index (χ1) is 14.1. The lowest BCUT2D eigenvalue weighted by Gasteiger charge is -2.08. The van der Waals surface area contributed by atoms with Crippen molar-refractivity contribution in [2.45, 2.75) is 24.0 Å². The van der Waals surface area contributed by atoms with Crippen molar-refractivity contribution in [2.24, 2.45) is 0 Å². The van der Waals surface area contributed by atoms with Gasteiger partial charge >= 0.3 is 0 Å². The molecule has 2 N–H and O–H groups in total. The Kier molecular flexibility index (Phi) is 7.41. The zero-order valence-corrected chi connectivity index (χ0v) is 17.0. The second kappa shape index (κ2) is 10.4. The number of hydrogen-bond donors (Lipinski definition) is 2. The summed E-state index contributed by atoms with van der Waals surface area (Å²) >= 11 is 1.72. The van der Waals surface area contributed by atoms with Crippen LogP contribution in [0.3, 0.4) is 0 Å². The van der Waals surface area contributed by atoms with Crippen LogP contribution in [0.25, 0.3) is 0 Å². The zero-order chi connectivity index (χ0) is 20.5. The minimum atomic E-state index is -0.170. The van der Waals surface area contributed by atoms with Gasteiger partial charge in [0.15, 0.2) is 0 Å². The molecule has 0 aliphatic heterocycles. The van der Waals surface area contributed by atoms with Crippen LogP contribution in [0.4, 0.5) is 5.69 Å². The third-order valence-electron chi connectivity index (χ3n) is 4.18. The molecule has 0 fully saturated rings. The Labute approximate surface area is 175 Å². The van der Waals surface area contributed by atoms with Gasteiger partial charge in [0.1, 0.15) is 0 Å². The van der Waals surface area contributed by atoms with Crippen LogP contribution >= 0.6 is 11.8 Å². The molecule has 5 nitrogen and oxygen atoms in total. The molecule has 0 aliphatic rings. The number of nitrogens with one attached hydrogen (secondary N) is 2. The maximum absolute atomic E-state index is 12.1. The first kappa shape index (κ1) is 20.6. The molecule has 1 heterocycles. The van der Waals surface area contributed by atoms with E-state index < -0.39 is 0 Å². The highest BCUT2D eigenvalue weighted by molar-refractivity contribution is 7.98. The first-order valence-electron chi connectivity index (χ1n) is 9.36. The van der Waals surface area contributed by atoms with E-state index in [4.69, 9.17) is 0 Å². The average molecular weight is 406 g/mol. The largest absolute Gasteiger partial charge is 0.352 e. The van der Waals surface area contributed by atoms with Gasteiger partial charge in [-0.15, -0.1) is 11.8 Å². The summed E-state index contributed by atoms with van der Waals surface area (Å²) in [5.41, 5.74) is 3.54. The Bertz CT molecular complexity index is 959. The number of anilines is 1. The number of rotatable bonds is 8. The molecule has 6 heteroatoms. The zero-order valence-electron chi connectivity index (χ0n) is 16.2. The molecule has 1 aromatic heterocycles. The summed E-state index contributed by atoms with van der Waals surface area (Å²) in [5.74, 6) is 0.544. The summed E-state index contributed by atoms with van der Waals surface area (Å²) in [6, 6.07) is 19.1. The summed E-state index contributed by atoms with van der Waals surface area (Å²) in [6.07, 6.45) is 3.84. The lowest BCUT2D eigenvalue weighted by Crippen LogP contribution is -2.27.